The first-order chi connectivity index (χ1) is 13.0. The standard InChI is InChI=1S/C23H21N3O/c1-15-6-10-20-22(12-15)25(3)21-11-7-16(13-23(21)26(20)4)18-9-8-17(27-5)14-19(18)24-2/h6-14H,1,3-5H3. The fourth-order valence-corrected chi connectivity index (χ4v) is 3.66. The molecule has 0 bridgehead atoms. The summed E-state index contributed by atoms with van der Waals surface area (Å²) in [5.74, 6) is 0.698. The normalized spacial score (nSPS) is 12.3. The van der Waals surface area contributed by atoms with Gasteiger partial charge in [-0.25, -0.2) is 4.85 Å². The van der Waals surface area contributed by atoms with Gasteiger partial charge in [0.15, 0.2) is 5.69 Å². The lowest BCUT2D eigenvalue weighted by molar-refractivity contribution is 0.415. The highest BCUT2D eigenvalue weighted by Gasteiger charge is 2.24. The molecule has 4 nitrogen and oxygen atoms in total. The number of hydrogen-bond acceptors (Lipinski definition) is 3. The van der Waals surface area contributed by atoms with E-state index in [1.165, 1.54) is 16.9 Å². The van der Waals surface area contributed by atoms with E-state index in [9.17, 15) is 0 Å². The SMILES string of the molecule is [C-]#[N+]c1cc(OC)ccc1-c1ccc2c(c1)N(C)c1ccc(C)cc1N2C. The second-order valence-corrected chi connectivity index (χ2v) is 6.81. The van der Waals surface area contributed by atoms with Crippen molar-refractivity contribution in [2.75, 3.05) is 31.0 Å². The van der Waals surface area contributed by atoms with Crippen LogP contribution in [0.25, 0.3) is 16.0 Å². The molecule has 0 radical (unpaired) electrons. The molecule has 3 aromatic rings. The van der Waals surface area contributed by atoms with Gasteiger partial charge in [-0.05, 0) is 60.0 Å². The van der Waals surface area contributed by atoms with Gasteiger partial charge >= 0.3 is 0 Å². The maximum absolute atomic E-state index is 7.53. The molecular weight excluding hydrogens is 334 g/mol. The van der Waals surface area contributed by atoms with Gasteiger partial charge in [-0.1, -0.05) is 18.2 Å². The molecule has 1 heterocycles. The van der Waals surface area contributed by atoms with E-state index in [4.69, 9.17) is 11.3 Å². The molecule has 0 amide bonds. The van der Waals surface area contributed by atoms with E-state index in [0.717, 1.165) is 22.5 Å². The summed E-state index contributed by atoms with van der Waals surface area (Å²) in [4.78, 5) is 8.14. The smallest absolute Gasteiger partial charge is 0.198 e. The summed E-state index contributed by atoms with van der Waals surface area (Å²) in [6.07, 6.45) is 0. The van der Waals surface area contributed by atoms with Crippen molar-refractivity contribution in [3.05, 3.63) is 71.6 Å². The third-order valence-electron chi connectivity index (χ3n) is 5.19. The van der Waals surface area contributed by atoms with E-state index in [1.807, 2.05) is 12.1 Å². The van der Waals surface area contributed by atoms with Crippen LogP contribution in [0.1, 0.15) is 5.56 Å². The van der Waals surface area contributed by atoms with Crippen LogP contribution in [-0.2, 0) is 0 Å². The molecule has 0 saturated heterocycles. The number of anilines is 4. The minimum Gasteiger partial charge on any atom is -0.498 e. The number of aryl methyl sites for hydroxylation is 1. The van der Waals surface area contributed by atoms with Crippen molar-refractivity contribution in [3.63, 3.8) is 0 Å². The average molecular weight is 355 g/mol. The van der Waals surface area contributed by atoms with Gasteiger partial charge in [0.1, 0.15) is 5.75 Å². The molecule has 0 spiro atoms. The second-order valence-electron chi connectivity index (χ2n) is 6.81. The van der Waals surface area contributed by atoms with Crippen LogP contribution in [0.15, 0.2) is 54.6 Å². The van der Waals surface area contributed by atoms with Gasteiger partial charge < -0.3 is 14.5 Å². The number of ether oxygens (including phenoxy) is 1. The van der Waals surface area contributed by atoms with Gasteiger partial charge in [-0.3, -0.25) is 0 Å². The quantitative estimate of drug-likeness (QED) is 0.520. The minimum atomic E-state index is 0.595. The fraction of sp³-hybridized carbons (Fsp3) is 0.174. The third-order valence-corrected chi connectivity index (χ3v) is 5.19. The average Bonchev–Trinajstić information content (AvgIpc) is 2.71. The Hall–Kier alpha value is -3.45. The van der Waals surface area contributed by atoms with Crippen molar-refractivity contribution in [1.82, 2.24) is 0 Å². The highest BCUT2D eigenvalue weighted by atomic mass is 16.5. The summed E-state index contributed by atoms with van der Waals surface area (Å²) in [5.41, 5.74) is 8.43. The van der Waals surface area contributed by atoms with Crippen LogP contribution in [-0.4, -0.2) is 21.2 Å². The Morgan fingerprint density at radius 2 is 1.48 bits per heavy atom. The lowest BCUT2D eigenvalue weighted by Crippen LogP contribution is -2.24. The molecule has 134 valence electrons. The molecule has 3 aromatic carbocycles. The summed E-state index contributed by atoms with van der Waals surface area (Å²) in [6, 6.07) is 18.5. The van der Waals surface area contributed by atoms with Crippen molar-refractivity contribution in [2.45, 2.75) is 6.92 Å². The minimum absolute atomic E-state index is 0.595. The maximum Gasteiger partial charge on any atom is 0.198 e. The highest BCUT2D eigenvalue weighted by molar-refractivity contribution is 5.95. The summed E-state index contributed by atoms with van der Waals surface area (Å²) < 4.78 is 5.26. The zero-order chi connectivity index (χ0) is 19.1. The van der Waals surface area contributed by atoms with Gasteiger partial charge in [-0.2, -0.15) is 0 Å². The van der Waals surface area contributed by atoms with E-state index in [-0.39, 0.29) is 0 Å². The topological polar surface area (TPSA) is 20.1 Å². The zero-order valence-electron chi connectivity index (χ0n) is 15.9. The van der Waals surface area contributed by atoms with Crippen molar-refractivity contribution < 1.29 is 4.74 Å². The molecule has 1 aliphatic rings. The predicted octanol–water partition coefficient (Wildman–Crippen LogP) is 6.07. The Balaban J connectivity index is 1.85. The Bertz CT molecular complexity index is 1080. The molecular formula is C23H21N3O. The molecule has 0 saturated carbocycles. The Morgan fingerprint density at radius 3 is 2.15 bits per heavy atom. The molecule has 0 aliphatic carbocycles. The molecule has 0 atom stereocenters. The van der Waals surface area contributed by atoms with E-state index < -0.39 is 0 Å². The summed E-state index contributed by atoms with van der Waals surface area (Å²) >= 11 is 0. The largest absolute Gasteiger partial charge is 0.498 e. The predicted molar refractivity (Wildman–Crippen MR) is 112 cm³/mol. The van der Waals surface area contributed by atoms with Crippen LogP contribution in [0.3, 0.4) is 0 Å². The van der Waals surface area contributed by atoms with E-state index in [1.54, 1.807) is 13.2 Å². The third kappa shape index (κ3) is 2.69. The Kier molecular flexibility index (Phi) is 4.01. The molecule has 4 rings (SSSR count). The van der Waals surface area contributed by atoms with Crippen LogP contribution in [0, 0.1) is 13.5 Å². The van der Waals surface area contributed by atoms with Gasteiger partial charge in [0, 0.05) is 14.1 Å². The van der Waals surface area contributed by atoms with Crippen LogP contribution in [0.4, 0.5) is 28.4 Å². The Labute approximate surface area is 160 Å². The monoisotopic (exact) mass is 355 g/mol. The van der Waals surface area contributed by atoms with Crippen LogP contribution in [0.2, 0.25) is 0 Å². The van der Waals surface area contributed by atoms with Gasteiger partial charge in [0.05, 0.1) is 36.4 Å². The first kappa shape index (κ1) is 17.0. The van der Waals surface area contributed by atoms with Crippen molar-refractivity contribution in [3.8, 4) is 16.9 Å². The first-order valence-electron chi connectivity index (χ1n) is 8.81. The number of benzene rings is 3. The number of hydrogen-bond donors (Lipinski definition) is 0. The zero-order valence-corrected chi connectivity index (χ0v) is 15.9. The molecule has 0 unspecified atom stereocenters. The van der Waals surface area contributed by atoms with Crippen LogP contribution in [0.5, 0.6) is 5.75 Å². The number of methoxy groups -OCH3 is 1. The maximum atomic E-state index is 7.53. The molecule has 4 heteroatoms. The number of nitrogens with zero attached hydrogens (tertiary/aromatic N) is 3. The lowest BCUT2D eigenvalue weighted by atomic mass is 9.99. The molecule has 0 fully saturated rings. The van der Waals surface area contributed by atoms with Gasteiger partial charge in [0.25, 0.3) is 0 Å². The summed E-state index contributed by atoms with van der Waals surface area (Å²) in [6.45, 7) is 9.65. The van der Waals surface area contributed by atoms with E-state index in [0.29, 0.717) is 11.4 Å². The second kappa shape index (κ2) is 6.37. The summed E-state index contributed by atoms with van der Waals surface area (Å²) in [5, 5.41) is 0. The first-order valence-corrected chi connectivity index (χ1v) is 8.81. The molecule has 27 heavy (non-hydrogen) atoms. The van der Waals surface area contributed by atoms with Crippen LogP contribution >= 0.6 is 0 Å². The van der Waals surface area contributed by atoms with Gasteiger partial charge in [0.2, 0.25) is 0 Å². The van der Waals surface area contributed by atoms with Crippen LogP contribution < -0.4 is 14.5 Å². The molecule has 1 aliphatic heterocycles. The lowest BCUT2D eigenvalue weighted by Gasteiger charge is -2.37. The van der Waals surface area contributed by atoms with Crippen molar-refractivity contribution in [1.29, 1.82) is 0 Å². The van der Waals surface area contributed by atoms with Gasteiger partial charge in [-0.15, -0.1) is 0 Å². The molecule has 0 N–H and O–H groups in total. The Morgan fingerprint density at radius 1 is 0.815 bits per heavy atom. The van der Waals surface area contributed by atoms with E-state index >= 15 is 0 Å². The number of rotatable bonds is 2. The van der Waals surface area contributed by atoms with E-state index in [2.05, 4.69) is 72.1 Å². The fourth-order valence-electron chi connectivity index (χ4n) is 3.66. The number of fused-ring (bicyclic) bond motifs is 2. The van der Waals surface area contributed by atoms with Crippen molar-refractivity contribution >= 4 is 28.4 Å². The summed E-state index contributed by atoms with van der Waals surface area (Å²) in [7, 11) is 5.81. The molecule has 0 aromatic heterocycles. The van der Waals surface area contributed by atoms with Crippen molar-refractivity contribution in [2.24, 2.45) is 0 Å². The highest BCUT2D eigenvalue weighted by Crippen LogP contribution is 2.48.